The Morgan fingerprint density at radius 1 is 0.921 bits per heavy atom. The molecule has 0 radical (unpaired) electrons. The van der Waals surface area contributed by atoms with Crippen molar-refractivity contribution in [3.05, 3.63) is 66.4 Å². The van der Waals surface area contributed by atoms with Crippen LogP contribution in [0.15, 0.2) is 60.7 Å². The van der Waals surface area contributed by atoms with Gasteiger partial charge in [-0.3, -0.25) is 4.79 Å². The van der Waals surface area contributed by atoms with Crippen LogP contribution in [0.2, 0.25) is 0 Å². The van der Waals surface area contributed by atoms with Gasteiger partial charge in [0.1, 0.15) is 17.3 Å². The van der Waals surface area contributed by atoms with Gasteiger partial charge >= 0.3 is 0 Å². The van der Waals surface area contributed by atoms with Crippen molar-refractivity contribution in [2.75, 3.05) is 48.8 Å². The van der Waals surface area contributed by atoms with Crippen LogP contribution in [0.3, 0.4) is 0 Å². The molecule has 0 bridgehead atoms. The molecule has 2 N–H and O–H groups in total. The summed E-state index contributed by atoms with van der Waals surface area (Å²) >= 11 is 0. The molecule has 38 heavy (non-hydrogen) atoms. The van der Waals surface area contributed by atoms with E-state index in [1.54, 1.807) is 13.2 Å². The van der Waals surface area contributed by atoms with Gasteiger partial charge in [0.05, 0.1) is 7.11 Å². The molecule has 2 aromatic carbocycles. The number of anilines is 4. The lowest BCUT2D eigenvalue weighted by molar-refractivity contribution is 0.0741. The van der Waals surface area contributed by atoms with E-state index in [4.69, 9.17) is 9.72 Å². The summed E-state index contributed by atoms with van der Waals surface area (Å²) in [5.41, 5.74) is 2.22. The number of methoxy groups -OCH3 is 1. The lowest BCUT2D eigenvalue weighted by atomic mass is 9.82. The summed E-state index contributed by atoms with van der Waals surface area (Å²) < 4.78 is 5.35. The fraction of sp³-hybridized carbons (Fsp3) is 0.433. The first kappa shape index (κ1) is 27.2. The minimum Gasteiger partial charge on any atom is -0.497 e. The summed E-state index contributed by atoms with van der Waals surface area (Å²) in [6, 6.07) is 19.6. The number of rotatable bonds is 8. The number of carbonyl (C=O) groups is 1. The largest absolute Gasteiger partial charge is 0.497 e. The van der Waals surface area contributed by atoms with Crippen molar-refractivity contribution in [1.29, 1.82) is 0 Å². The van der Waals surface area contributed by atoms with Gasteiger partial charge < -0.3 is 25.2 Å². The molecule has 0 atom stereocenters. The van der Waals surface area contributed by atoms with Crippen molar-refractivity contribution in [2.24, 2.45) is 5.41 Å². The second-order valence-electron chi connectivity index (χ2n) is 11.7. The zero-order valence-electron chi connectivity index (χ0n) is 23.4. The number of ether oxygens (including phenoxy) is 1. The van der Waals surface area contributed by atoms with E-state index >= 15 is 0 Å². The van der Waals surface area contributed by atoms with E-state index in [0.29, 0.717) is 30.5 Å². The molecule has 1 amide bonds. The lowest BCUT2D eigenvalue weighted by Gasteiger charge is -2.36. The van der Waals surface area contributed by atoms with Crippen LogP contribution in [0.1, 0.15) is 51.5 Å². The molecular formula is C30H40N6O2. The lowest BCUT2D eigenvalue weighted by Crippen LogP contribution is -2.49. The highest BCUT2D eigenvalue weighted by atomic mass is 16.5. The number of nitrogens with zero attached hydrogens (tertiary/aromatic N) is 4. The zero-order valence-corrected chi connectivity index (χ0v) is 23.4. The third kappa shape index (κ3) is 7.37. The molecule has 1 aliphatic heterocycles. The maximum atomic E-state index is 13.6. The summed E-state index contributed by atoms with van der Waals surface area (Å²) in [5.74, 6) is 1.61. The van der Waals surface area contributed by atoms with Gasteiger partial charge in [-0.2, -0.15) is 4.98 Å². The van der Waals surface area contributed by atoms with Crippen molar-refractivity contribution in [3.63, 3.8) is 0 Å². The third-order valence-corrected chi connectivity index (χ3v) is 6.40. The predicted octanol–water partition coefficient (Wildman–Crippen LogP) is 5.82. The van der Waals surface area contributed by atoms with E-state index in [0.717, 1.165) is 30.9 Å². The summed E-state index contributed by atoms with van der Waals surface area (Å²) in [6.07, 6.45) is 0.924. The smallest absolute Gasteiger partial charge is 0.272 e. The van der Waals surface area contributed by atoms with Crippen LogP contribution in [-0.2, 0) is 0 Å². The average Bonchev–Trinajstić information content (AvgIpc) is 2.87. The van der Waals surface area contributed by atoms with E-state index < -0.39 is 0 Å². The fourth-order valence-electron chi connectivity index (χ4n) is 5.19. The van der Waals surface area contributed by atoms with Gasteiger partial charge in [0, 0.05) is 55.2 Å². The van der Waals surface area contributed by atoms with Crippen LogP contribution in [0.5, 0.6) is 5.75 Å². The van der Waals surface area contributed by atoms with Crippen molar-refractivity contribution < 1.29 is 9.53 Å². The van der Waals surface area contributed by atoms with Crippen LogP contribution in [-0.4, -0.2) is 59.6 Å². The molecule has 1 aromatic heterocycles. The van der Waals surface area contributed by atoms with Gasteiger partial charge in [0.15, 0.2) is 0 Å². The van der Waals surface area contributed by atoms with E-state index in [1.807, 2.05) is 47.4 Å². The molecule has 2 heterocycles. The molecule has 1 aliphatic rings. The summed E-state index contributed by atoms with van der Waals surface area (Å²) in [7, 11) is 1.63. The highest BCUT2D eigenvalue weighted by Gasteiger charge is 2.28. The third-order valence-electron chi connectivity index (χ3n) is 6.40. The Balaban J connectivity index is 1.57. The van der Waals surface area contributed by atoms with E-state index in [9.17, 15) is 4.79 Å². The number of hydrogen-bond donors (Lipinski definition) is 2. The van der Waals surface area contributed by atoms with E-state index in [2.05, 4.69) is 67.3 Å². The van der Waals surface area contributed by atoms with Crippen LogP contribution in [0, 0.1) is 5.41 Å². The molecule has 0 unspecified atom stereocenters. The molecule has 8 nitrogen and oxygen atoms in total. The van der Waals surface area contributed by atoms with Gasteiger partial charge in [0.25, 0.3) is 5.91 Å². The zero-order chi connectivity index (χ0) is 27.3. The van der Waals surface area contributed by atoms with Crippen molar-refractivity contribution >= 4 is 29.0 Å². The van der Waals surface area contributed by atoms with Crippen LogP contribution >= 0.6 is 0 Å². The summed E-state index contributed by atoms with van der Waals surface area (Å²) in [5, 5.41) is 6.81. The van der Waals surface area contributed by atoms with Gasteiger partial charge in [-0.1, -0.05) is 45.0 Å². The standard InChI is InChI=1S/C30H40N6O2/c1-29(2,3)21-30(4,5)34-26-20-25(32-28(33-26)31-22-11-10-14-24(19-22)38-6)27(37)36-17-15-35(16-18-36)23-12-8-7-9-13-23/h7-14,19-20H,15-18,21H2,1-6H3,(H2,31,32,33,34). The summed E-state index contributed by atoms with van der Waals surface area (Å²) in [6.45, 7) is 13.8. The Morgan fingerprint density at radius 3 is 2.29 bits per heavy atom. The average molecular weight is 517 g/mol. The number of nitrogens with one attached hydrogen (secondary N) is 2. The van der Waals surface area contributed by atoms with Crippen LogP contribution in [0.25, 0.3) is 0 Å². The monoisotopic (exact) mass is 516 g/mol. The second kappa shape index (κ2) is 11.3. The number of hydrogen-bond acceptors (Lipinski definition) is 7. The molecule has 1 fully saturated rings. The molecule has 0 spiro atoms. The first-order chi connectivity index (χ1) is 18.0. The van der Waals surface area contributed by atoms with Gasteiger partial charge in [-0.05, 0) is 49.9 Å². The van der Waals surface area contributed by atoms with Crippen molar-refractivity contribution in [1.82, 2.24) is 14.9 Å². The SMILES string of the molecule is COc1cccc(Nc2nc(NC(C)(C)CC(C)(C)C)cc(C(=O)N3CCN(c4ccccc4)CC3)n2)c1. The molecule has 0 saturated carbocycles. The van der Waals surface area contributed by atoms with Crippen LogP contribution < -0.4 is 20.3 Å². The highest BCUT2D eigenvalue weighted by molar-refractivity contribution is 5.93. The van der Waals surface area contributed by atoms with Gasteiger partial charge in [-0.15, -0.1) is 0 Å². The second-order valence-corrected chi connectivity index (χ2v) is 11.7. The normalized spacial score (nSPS) is 14.3. The Morgan fingerprint density at radius 2 is 1.63 bits per heavy atom. The molecule has 4 rings (SSSR count). The minimum atomic E-state index is -0.235. The fourth-order valence-corrected chi connectivity index (χ4v) is 5.19. The number of carbonyl (C=O) groups excluding carboxylic acids is 1. The number of para-hydroxylation sites is 1. The molecular weight excluding hydrogens is 476 g/mol. The van der Waals surface area contributed by atoms with Crippen molar-refractivity contribution in [2.45, 2.75) is 46.6 Å². The van der Waals surface area contributed by atoms with Crippen LogP contribution in [0.4, 0.5) is 23.1 Å². The number of amides is 1. The Hall–Kier alpha value is -3.81. The molecule has 0 aliphatic carbocycles. The minimum absolute atomic E-state index is 0.0921. The molecule has 202 valence electrons. The quantitative estimate of drug-likeness (QED) is 0.390. The maximum Gasteiger partial charge on any atom is 0.272 e. The number of piperazine rings is 1. The summed E-state index contributed by atoms with van der Waals surface area (Å²) in [4.78, 5) is 27.2. The van der Waals surface area contributed by atoms with E-state index in [1.165, 1.54) is 5.69 Å². The first-order valence-corrected chi connectivity index (χ1v) is 13.2. The molecule has 1 saturated heterocycles. The topological polar surface area (TPSA) is 82.6 Å². The Kier molecular flexibility index (Phi) is 8.09. The van der Waals surface area contributed by atoms with Crippen molar-refractivity contribution in [3.8, 4) is 5.75 Å². The van der Waals surface area contributed by atoms with Gasteiger partial charge in [-0.25, -0.2) is 4.98 Å². The number of aromatic nitrogens is 2. The highest BCUT2D eigenvalue weighted by Crippen LogP contribution is 2.30. The Labute approximate surface area is 226 Å². The van der Waals surface area contributed by atoms with Gasteiger partial charge in [0.2, 0.25) is 5.95 Å². The number of benzene rings is 2. The Bertz CT molecular complexity index is 1230. The molecule has 3 aromatic rings. The maximum absolute atomic E-state index is 13.6. The first-order valence-electron chi connectivity index (χ1n) is 13.2. The van der Waals surface area contributed by atoms with E-state index in [-0.39, 0.29) is 16.9 Å². The predicted molar refractivity (Wildman–Crippen MR) is 155 cm³/mol. The molecule has 8 heteroatoms.